The van der Waals surface area contributed by atoms with E-state index in [2.05, 4.69) is 5.16 Å². The summed E-state index contributed by atoms with van der Waals surface area (Å²) in [4.78, 5) is 14.7. The molecule has 1 aliphatic rings. The number of anilines is 1. The first kappa shape index (κ1) is 14.7. The van der Waals surface area contributed by atoms with E-state index in [-0.39, 0.29) is 5.91 Å². The van der Waals surface area contributed by atoms with Crippen LogP contribution >= 0.6 is 0 Å². The van der Waals surface area contributed by atoms with Crippen LogP contribution in [0.15, 0.2) is 71.3 Å². The van der Waals surface area contributed by atoms with Gasteiger partial charge in [0, 0.05) is 24.4 Å². The van der Waals surface area contributed by atoms with Crippen molar-refractivity contribution in [2.45, 2.75) is 18.3 Å². The van der Waals surface area contributed by atoms with Crippen molar-refractivity contribution < 1.29 is 9.32 Å². The quantitative estimate of drug-likeness (QED) is 0.729. The highest BCUT2D eigenvalue weighted by molar-refractivity contribution is 6.02. The maximum absolute atomic E-state index is 13.0. The Kier molecular flexibility index (Phi) is 3.45. The molecule has 4 rings (SSSR count). The fourth-order valence-corrected chi connectivity index (χ4v) is 3.03. The molecule has 1 aromatic heterocycles. The molecule has 0 N–H and O–H groups in total. The molecule has 120 valence electrons. The van der Waals surface area contributed by atoms with Crippen molar-refractivity contribution in [3.05, 3.63) is 72.4 Å². The van der Waals surface area contributed by atoms with Crippen molar-refractivity contribution in [1.29, 1.82) is 0 Å². The van der Waals surface area contributed by atoms with Crippen LogP contribution in [0.4, 0.5) is 5.69 Å². The third-order valence-electron chi connectivity index (χ3n) is 4.67. The Morgan fingerprint density at radius 1 is 1.04 bits per heavy atom. The van der Waals surface area contributed by atoms with Gasteiger partial charge in [0.1, 0.15) is 0 Å². The Balaban J connectivity index is 1.62. The number of hydrogen-bond donors (Lipinski definition) is 0. The lowest BCUT2D eigenvalue weighted by atomic mass is 9.99. The first-order valence-electron chi connectivity index (χ1n) is 8.06. The highest BCUT2D eigenvalue weighted by atomic mass is 16.5. The minimum Gasteiger partial charge on any atom is -0.356 e. The van der Waals surface area contributed by atoms with E-state index < -0.39 is 5.41 Å². The van der Waals surface area contributed by atoms with Crippen molar-refractivity contribution >= 4 is 11.6 Å². The van der Waals surface area contributed by atoms with Crippen LogP contribution in [0.3, 0.4) is 0 Å². The molecule has 1 aliphatic carbocycles. The Bertz CT molecular complexity index is 852. The minimum absolute atomic E-state index is 0.0709. The van der Waals surface area contributed by atoms with Crippen molar-refractivity contribution in [3.63, 3.8) is 0 Å². The molecule has 0 radical (unpaired) electrons. The van der Waals surface area contributed by atoms with Crippen molar-refractivity contribution in [3.8, 4) is 11.3 Å². The number of likely N-dealkylation sites (N-methyl/N-ethyl adjacent to an activating group) is 1. The lowest BCUT2D eigenvalue weighted by molar-refractivity contribution is -0.120. The average Bonchev–Trinajstić information content (AvgIpc) is 3.31. The van der Waals surface area contributed by atoms with E-state index >= 15 is 0 Å². The number of hydrogen-bond acceptors (Lipinski definition) is 3. The molecule has 4 nitrogen and oxygen atoms in total. The summed E-state index contributed by atoms with van der Waals surface area (Å²) in [5.41, 5.74) is 2.05. The van der Waals surface area contributed by atoms with Gasteiger partial charge in [-0.05, 0) is 25.0 Å². The molecule has 0 unspecified atom stereocenters. The molecule has 1 amide bonds. The number of nitrogens with zero attached hydrogens (tertiary/aromatic N) is 2. The number of carbonyl (C=O) groups is 1. The van der Waals surface area contributed by atoms with E-state index in [4.69, 9.17) is 4.52 Å². The minimum atomic E-state index is -0.541. The first-order valence-corrected chi connectivity index (χ1v) is 8.06. The molecule has 0 spiro atoms. The predicted octanol–water partition coefficient (Wildman–Crippen LogP) is 4.04. The van der Waals surface area contributed by atoms with Gasteiger partial charge in [0.05, 0.1) is 11.1 Å². The van der Waals surface area contributed by atoms with Crippen molar-refractivity contribution in [1.82, 2.24) is 5.16 Å². The fraction of sp³-hybridized carbons (Fsp3) is 0.200. The van der Waals surface area contributed by atoms with E-state index in [0.29, 0.717) is 5.76 Å². The third kappa shape index (κ3) is 2.40. The second-order valence-electron chi connectivity index (χ2n) is 6.22. The van der Waals surface area contributed by atoms with E-state index in [1.165, 1.54) is 0 Å². The molecule has 4 heteroatoms. The molecule has 0 atom stereocenters. The molecule has 0 aliphatic heterocycles. The van der Waals surface area contributed by atoms with Gasteiger partial charge in [0.15, 0.2) is 5.76 Å². The van der Waals surface area contributed by atoms with E-state index in [0.717, 1.165) is 29.8 Å². The summed E-state index contributed by atoms with van der Waals surface area (Å²) in [6, 6.07) is 21.4. The topological polar surface area (TPSA) is 46.3 Å². The Labute approximate surface area is 140 Å². The number of aromatic nitrogens is 1. The molecule has 2 aromatic carbocycles. The van der Waals surface area contributed by atoms with Gasteiger partial charge in [-0.3, -0.25) is 4.79 Å². The van der Waals surface area contributed by atoms with Gasteiger partial charge in [-0.25, -0.2) is 0 Å². The van der Waals surface area contributed by atoms with Crippen LogP contribution in [0.5, 0.6) is 0 Å². The normalized spacial score (nSPS) is 15.0. The summed E-state index contributed by atoms with van der Waals surface area (Å²) >= 11 is 0. The summed E-state index contributed by atoms with van der Waals surface area (Å²) in [6.45, 7) is 0. The van der Waals surface area contributed by atoms with Gasteiger partial charge in [-0.2, -0.15) is 0 Å². The lowest BCUT2D eigenvalue weighted by Gasteiger charge is -2.22. The van der Waals surface area contributed by atoms with Gasteiger partial charge >= 0.3 is 0 Å². The summed E-state index contributed by atoms with van der Waals surface area (Å²) in [5, 5.41) is 4.20. The molecule has 1 saturated carbocycles. The zero-order valence-corrected chi connectivity index (χ0v) is 13.5. The predicted molar refractivity (Wildman–Crippen MR) is 92.7 cm³/mol. The molecule has 0 bridgehead atoms. The molecular weight excluding hydrogens is 300 g/mol. The van der Waals surface area contributed by atoms with Gasteiger partial charge in [0.2, 0.25) is 5.91 Å². The lowest BCUT2D eigenvalue weighted by Crippen LogP contribution is -2.36. The summed E-state index contributed by atoms with van der Waals surface area (Å²) < 4.78 is 5.49. The maximum atomic E-state index is 13.0. The monoisotopic (exact) mass is 318 g/mol. The van der Waals surface area contributed by atoms with Crippen LogP contribution in [-0.4, -0.2) is 18.1 Å². The van der Waals surface area contributed by atoms with Crippen LogP contribution < -0.4 is 4.90 Å². The zero-order chi connectivity index (χ0) is 16.6. The highest BCUT2D eigenvalue weighted by Gasteiger charge is 2.55. The first-order chi connectivity index (χ1) is 11.7. The highest BCUT2D eigenvalue weighted by Crippen LogP contribution is 2.50. The number of benzene rings is 2. The molecule has 24 heavy (non-hydrogen) atoms. The average molecular weight is 318 g/mol. The zero-order valence-electron chi connectivity index (χ0n) is 13.5. The van der Waals surface area contributed by atoms with Gasteiger partial charge in [0.25, 0.3) is 0 Å². The van der Waals surface area contributed by atoms with E-state index in [9.17, 15) is 4.79 Å². The van der Waals surface area contributed by atoms with Crippen LogP contribution in [0.2, 0.25) is 0 Å². The Hall–Kier alpha value is -2.88. The molecular formula is C20H18N2O2. The second-order valence-corrected chi connectivity index (χ2v) is 6.22. The molecule has 3 aromatic rings. The van der Waals surface area contributed by atoms with Gasteiger partial charge in [-0.15, -0.1) is 0 Å². The van der Waals surface area contributed by atoms with Gasteiger partial charge < -0.3 is 9.42 Å². The van der Waals surface area contributed by atoms with Crippen molar-refractivity contribution in [2.75, 3.05) is 11.9 Å². The van der Waals surface area contributed by atoms with Crippen LogP contribution in [0.25, 0.3) is 11.3 Å². The van der Waals surface area contributed by atoms with E-state index in [1.54, 1.807) is 4.90 Å². The fourth-order valence-electron chi connectivity index (χ4n) is 3.03. The SMILES string of the molecule is CN(C(=O)C1(c2cc(-c3ccccc3)on2)CC1)c1ccccc1. The third-order valence-corrected chi connectivity index (χ3v) is 4.67. The summed E-state index contributed by atoms with van der Waals surface area (Å²) in [6.07, 6.45) is 1.62. The van der Waals surface area contributed by atoms with Crippen LogP contribution in [0, 0.1) is 0 Å². The largest absolute Gasteiger partial charge is 0.356 e. The Morgan fingerprint density at radius 2 is 1.67 bits per heavy atom. The smallest absolute Gasteiger partial charge is 0.239 e. The number of rotatable bonds is 4. The van der Waals surface area contributed by atoms with Crippen LogP contribution in [0.1, 0.15) is 18.5 Å². The molecule has 1 heterocycles. The Morgan fingerprint density at radius 3 is 2.29 bits per heavy atom. The van der Waals surface area contributed by atoms with E-state index in [1.807, 2.05) is 73.8 Å². The van der Waals surface area contributed by atoms with Crippen LogP contribution in [-0.2, 0) is 10.2 Å². The number of para-hydroxylation sites is 1. The summed E-state index contributed by atoms with van der Waals surface area (Å²) in [5.74, 6) is 0.772. The second kappa shape index (κ2) is 5.64. The standard InChI is InChI=1S/C20H18N2O2/c1-22(16-10-6-3-7-11-16)19(23)20(12-13-20)18-14-17(24-21-18)15-8-4-2-5-9-15/h2-11,14H,12-13H2,1H3. The van der Waals surface area contributed by atoms with Crippen molar-refractivity contribution in [2.24, 2.45) is 0 Å². The molecule has 0 saturated heterocycles. The number of carbonyl (C=O) groups excluding carboxylic acids is 1. The summed E-state index contributed by atoms with van der Waals surface area (Å²) in [7, 11) is 1.82. The van der Waals surface area contributed by atoms with Gasteiger partial charge in [-0.1, -0.05) is 53.7 Å². The maximum Gasteiger partial charge on any atom is 0.239 e. The number of amides is 1. The molecule has 1 fully saturated rings.